The van der Waals surface area contributed by atoms with Crippen molar-refractivity contribution < 1.29 is 9.50 Å². The fraction of sp³-hybridized carbons (Fsp3) is 0.200. The van der Waals surface area contributed by atoms with Crippen molar-refractivity contribution in [1.29, 1.82) is 0 Å². The van der Waals surface area contributed by atoms with Crippen LogP contribution >= 0.6 is 23.2 Å². The van der Waals surface area contributed by atoms with Gasteiger partial charge in [-0.3, -0.25) is 0 Å². The van der Waals surface area contributed by atoms with Gasteiger partial charge in [0.2, 0.25) is 0 Å². The molecule has 1 aromatic carbocycles. The lowest BCUT2D eigenvalue weighted by Gasteiger charge is -1.97. The molecule has 74 valence electrons. The highest BCUT2D eigenvalue weighted by molar-refractivity contribution is 6.35. The van der Waals surface area contributed by atoms with Crippen molar-refractivity contribution >= 4 is 23.2 Å². The molecule has 0 atom stereocenters. The smallest absolute Gasteiger partial charge is 0.160 e. The number of rotatable bonds is 1. The minimum absolute atomic E-state index is 0.00431. The van der Waals surface area contributed by atoms with Gasteiger partial charge in [-0.05, 0) is 12.1 Å². The van der Waals surface area contributed by atoms with Crippen molar-refractivity contribution in [3.05, 3.63) is 33.6 Å². The van der Waals surface area contributed by atoms with E-state index in [2.05, 4.69) is 11.8 Å². The average Bonchev–Trinajstić information content (AvgIpc) is 2.14. The van der Waals surface area contributed by atoms with Crippen LogP contribution in [0.1, 0.15) is 12.0 Å². The molecule has 0 aliphatic rings. The maximum absolute atomic E-state index is 12.9. The first-order chi connectivity index (χ1) is 6.65. The molecule has 4 heteroatoms. The van der Waals surface area contributed by atoms with Gasteiger partial charge in [-0.25, -0.2) is 4.39 Å². The third-order valence-corrected chi connectivity index (χ3v) is 2.00. The van der Waals surface area contributed by atoms with Gasteiger partial charge in [-0.15, -0.1) is 0 Å². The minimum atomic E-state index is -0.638. The monoisotopic (exact) mass is 232 g/mol. The van der Waals surface area contributed by atoms with Crippen LogP contribution in [-0.2, 0) is 0 Å². The van der Waals surface area contributed by atoms with Gasteiger partial charge < -0.3 is 5.11 Å². The summed E-state index contributed by atoms with van der Waals surface area (Å²) in [5, 5.41) is 8.38. The van der Waals surface area contributed by atoms with E-state index >= 15 is 0 Å². The molecule has 14 heavy (non-hydrogen) atoms. The lowest BCUT2D eigenvalue weighted by molar-refractivity contribution is 0.305. The zero-order valence-corrected chi connectivity index (χ0v) is 8.66. The molecule has 1 N–H and O–H groups in total. The van der Waals surface area contributed by atoms with Crippen LogP contribution in [0.15, 0.2) is 12.1 Å². The molecule has 0 aromatic heterocycles. The van der Waals surface area contributed by atoms with Crippen LogP contribution in [0.25, 0.3) is 0 Å². The van der Waals surface area contributed by atoms with Crippen LogP contribution in [0.5, 0.6) is 0 Å². The summed E-state index contributed by atoms with van der Waals surface area (Å²) in [6.07, 6.45) is 0.368. The van der Waals surface area contributed by atoms with E-state index in [1.807, 2.05) is 0 Å². The second kappa shape index (κ2) is 5.21. The minimum Gasteiger partial charge on any atom is -0.395 e. The van der Waals surface area contributed by atoms with Gasteiger partial charge in [0.25, 0.3) is 0 Å². The second-order valence-electron chi connectivity index (χ2n) is 2.53. The van der Waals surface area contributed by atoms with Crippen molar-refractivity contribution in [2.24, 2.45) is 0 Å². The fourth-order valence-corrected chi connectivity index (χ4v) is 1.34. The summed E-state index contributed by atoms with van der Waals surface area (Å²) in [7, 11) is 0. The van der Waals surface area contributed by atoms with Gasteiger partial charge in [-0.2, -0.15) is 0 Å². The standard InChI is InChI=1S/C10H7Cl2FO/c11-8-5-7(3-1-2-4-14)6-9(12)10(8)13/h5-6,14H,2,4H2. The Labute approximate surface area is 91.5 Å². The normalized spacial score (nSPS) is 9.43. The topological polar surface area (TPSA) is 20.2 Å². The summed E-state index contributed by atoms with van der Waals surface area (Å²) in [4.78, 5) is 0. The second-order valence-corrected chi connectivity index (χ2v) is 3.34. The van der Waals surface area contributed by atoms with Crippen molar-refractivity contribution in [1.82, 2.24) is 0 Å². The Morgan fingerprint density at radius 1 is 1.29 bits per heavy atom. The molecule has 0 unspecified atom stereocenters. The van der Waals surface area contributed by atoms with Gasteiger partial charge in [0.1, 0.15) is 0 Å². The average molecular weight is 233 g/mol. The van der Waals surface area contributed by atoms with E-state index in [9.17, 15) is 4.39 Å². The van der Waals surface area contributed by atoms with E-state index in [-0.39, 0.29) is 16.7 Å². The molecule has 0 bridgehead atoms. The SMILES string of the molecule is OCCC#Cc1cc(Cl)c(F)c(Cl)c1. The van der Waals surface area contributed by atoms with Gasteiger partial charge in [0.05, 0.1) is 16.7 Å². The van der Waals surface area contributed by atoms with Crippen molar-refractivity contribution in [2.45, 2.75) is 6.42 Å². The molecule has 0 saturated heterocycles. The number of aliphatic hydroxyl groups excluding tert-OH is 1. The predicted octanol–water partition coefficient (Wildman–Crippen LogP) is 2.87. The Morgan fingerprint density at radius 3 is 2.36 bits per heavy atom. The molecule has 1 nitrogen and oxygen atoms in total. The summed E-state index contributed by atoms with van der Waals surface area (Å²) in [6.45, 7) is -0.00431. The highest BCUT2D eigenvalue weighted by Crippen LogP contribution is 2.24. The Kier molecular flexibility index (Phi) is 4.21. The first-order valence-electron chi connectivity index (χ1n) is 3.89. The Bertz CT molecular complexity index is 370. The Morgan fingerprint density at radius 2 is 1.86 bits per heavy atom. The maximum Gasteiger partial charge on any atom is 0.160 e. The highest BCUT2D eigenvalue weighted by Gasteiger charge is 2.05. The summed E-state index contributed by atoms with van der Waals surface area (Å²) in [5.74, 6) is 4.76. The van der Waals surface area contributed by atoms with Gasteiger partial charge in [0, 0.05) is 12.0 Å². The van der Waals surface area contributed by atoms with Crippen molar-refractivity contribution in [3.63, 3.8) is 0 Å². The third kappa shape index (κ3) is 2.88. The van der Waals surface area contributed by atoms with Gasteiger partial charge >= 0.3 is 0 Å². The summed E-state index contributed by atoms with van der Waals surface area (Å²) in [6, 6.07) is 2.79. The van der Waals surface area contributed by atoms with Crippen LogP contribution < -0.4 is 0 Å². The molecule has 0 fully saturated rings. The predicted molar refractivity (Wildman–Crippen MR) is 55.0 cm³/mol. The van der Waals surface area contributed by atoms with Crippen LogP contribution in [0, 0.1) is 17.7 Å². The number of aliphatic hydroxyl groups is 1. The molecule has 1 rings (SSSR count). The van der Waals surface area contributed by atoms with E-state index in [0.717, 1.165) is 0 Å². The lowest BCUT2D eigenvalue weighted by atomic mass is 10.2. The van der Waals surface area contributed by atoms with Crippen LogP contribution in [0.2, 0.25) is 10.0 Å². The van der Waals surface area contributed by atoms with Crippen LogP contribution in [0.3, 0.4) is 0 Å². The molecule has 0 radical (unpaired) electrons. The van der Waals surface area contributed by atoms with Crippen LogP contribution in [-0.4, -0.2) is 11.7 Å². The Hall–Kier alpha value is -0.750. The van der Waals surface area contributed by atoms with Crippen LogP contribution in [0.4, 0.5) is 4.39 Å². The molecule has 0 aliphatic heterocycles. The molecule has 0 amide bonds. The zero-order chi connectivity index (χ0) is 10.6. The zero-order valence-electron chi connectivity index (χ0n) is 7.15. The lowest BCUT2D eigenvalue weighted by Crippen LogP contribution is -1.83. The highest BCUT2D eigenvalue weighted by atomic mass is 35.5. The van der Waals surface area contributed by atoms with E-state index < -0.39 is 5.82 Å². The molecule has 1 aromatic rings. The molecule has 0 heterocycles. The number of halogens is 3. The molecule has 0 spiro atoms. The first-order valence-corrected chi connectivity index (χ1v) is 4.65. The van der Waals surface area contributed by atoms with Crippen molar-refractivity contribution in [2.75, 3.05) is 6.61 Å². The molecule has 0 aliphatic carbocycles. The molecular weight excluding hydrogens is 226 g/mol. The first kappa shape index (κ1) is 11.3. The summed E-state index contributed by atoms with van der Waals surface area (Å²) in [5.41, 5.74) is 0.537. The van der Waals surface area contributed by atoms with Gasteiger partial charge in [-0.1, -0.05) is 35.0 Å². The molecule has 0 saturated carbocycles. The number of hydrogen-bond donors (Lipinski definition) is 1. The van der Waals surface area contributed by atoms with E-state index in [1.54, 1.807) is 0 Å². The maximum atomic E-state index is 12.9. The third-order valence-electron chi connectivity index (χ3n) is 1.45. The number of benzene rings is 1. The van der Waals surface area contributed by atoms with E-state index in [0.29, 0.717) is 12.0 Å². The van der Waals surface area contributed by atoms with Crippen molar-refractivity contribution in [3.8, 4) is 11.8 Å². The van der Waals surface area contributed by atoms with E-state index in [1.165, 1.54) is 12.1 Å². The number of hydrogen-bond acceptors (Lipinski definition) is 1. The van der Waals surface area contributed by atoms with E-state index in [4.69, 9.17) is 28.3 Å². The Balaban J connectivity index is 2.97. The summed E-state index contributed by atoms with van der Waals surface area (Å²) < 4.78 is 12.9. The quantitative estimate of drug-likeness (QED) is 0.584. The van der Waals surface area contributed by atoms with Gasteiger partial charge in [0.15, 0.2) is 5.82 Å². The largest absolute Gasteiger partial charge is 0.395 e. The fourth-order valence-electron chi connectivity index (χ4n) is 0.848. The summed E-state index contributed by atoms with van der Waals surface area (Å²) >= 11 is 11.1. The molecular formula is C10H7Cl2FO.